The van der Waals surface area contributed by atoms with E-state index >= 15 is 0 Å². The minimum absolute atomic E-state index is 0.242. The SMILES string of the molecule is O=C(O)C1CCC1C(=O)NC(c1ccc(Cl)cc1)c1ccc(Cl)cc1. The number of carboxylic acid groups (broad SMARTS) is 1. The predicted octanol–water partition coefficient (Wildman–Crippen LogP) is 4.31. The second-order valence-electron chi connectivity index (χ2n) is 6.17. The molecule has 130 valence electrons. The number of carbonyl (C=O) groups excluding carboxylic acids is 1. The van der Waals surface area contributed by atoms with Crippen LogP contribution in [0.15, 0.2) is 48.5 Å². The van der Waals surface area contributed by atoms with Crippen molar-refractivity contribution in [1.29, 1.82) is 0 Å². The monoisotopic (exact) mass is 377 g/mol. The Balaban J connectivity index is 1.86. The quantitative estimate of drug-likeness (QED) is 0.815. The topological polar surface area (TPSA) is 66.4 Å². The van der Waals surface area contributed by atoms with Gasteiger partial charge in [0.05, 0.1) is 17.9 Å². The van der Waals surface area contributed by atoms with Gasteiger partial charge in [-0.15, -0.1) is 0 Å². The van der Waals surface area contributed by atoms with Crippen LogP contribution in [-0.4, -0.2) is 17.0 Å². The van der Waals surface area contributed by atoms with Gasteiger partial charge in [-0.3, -0.25) is 9.59 Å². The van der Waals surface area contributed by atoms with Crippen molar-refractivity contribution >= 4 is 35.1 Å². The summed E-state index contributed by atoms with van der Waals surface area (Å²) in [5.41, 5.74) is 1.73. The van der Waals surface area contributed by atoms with Crippen LogP contribution in [0.25, 0.3) is 0 Å². The molecule has 0 heterocycles. The fraction of sp³-hybridized carbons (Fsp3) is 0.263. The van der Waals surface area contributed by atoms with E-state index in [0.29, 0.717) is 22.9 Å². The Kier molecular flexibility index (Phi) is 5.30. The summed E-state index contributed by atoms with van der Waals surface area (Å²) in [5.74, 6) is -2.25. The molecule has 1 aliphatic carbocycles. The molecule has 2 aromatic carbocycles. The normalized spacial score (nSPS) is 19.3. The number of hydrogen-bond donors (Lipinski definition) is 2. The zero-order valence-electron chi connectivity index (χ0n) is 13.3. The van der Waals surface area contributed by atoms with Crippen molar-refractivity contribution in [2.24, 2.45) is 11.8 Å². The summed E-state index contributed by atoms with van der Waals surface area (Å²) in [7, 11) is 0. The molecule has 0 bridgehead atoms. The van der Waals surface area contributed by atoms with E-state index in [1.165, 1.54) is 0 Å². The van der Waals surface area contributed by atoms with Crippen molar-refractivity contribution in [3.05, 3.63) is 69.7 Å². The third kappa shape index (κ3) is 3.97. The number of aliphatic carboxylic acids is 1. The number of hydrogen-bond acceptors (Lipinski definition) is 2. The van der Waals surface area contributed by atoms with Crippen LogP contribution in [0, 0.1) is 11.8 Å². The van der Waals surface area contributed by atoms with Crippen molar-refractivity contribution in [3.63, 3.8) is 0 Å². The van der Waals surface area contributed by atoms with E-state index in [2.05, 4.69) is 5.32 Å². The number of benzene rings is 2. The summed E-state index contributed by atoms with van der Waals surface area (Å²) >= 11 is 11.9. The van der Waals surface area contributed by atoms with E-state index in [-0.39, 0.29) is 5.91 Å². The first-order valence-electron chi connectivity index (χ1n) is 8.00. The lowest BCUT2D eigenvalue weighted by molar-refractivity contribution is -0.152. The average molecular weight is 378 g/mol. The highest BCUT2D eigenvalue weighted by atomic mass is 35.5. The Hall–Kier alpha value is -2.04. The van der Waals surface area contributed by atoms with Crippen LogP contribution >= 0.6 is 23.2 Å². The first kappa shape index (κ1) is 17.8. The van der Waals surface area contributed by atoms with Crippen LogP contribution in [0.3, 0.4) is 0 Å². The van der Waals surface area contributed by atoms with Crippen LogP contribution < -0.4 is 5.32 Å². The van der Waals surface area contributed by atoms with Gasteiger partial charge in [0, 0.05) is 10.0 Å². The van der Waals surface area contributed by atoms with E-state index < -0.39 is 23.8 Å². The number of halogens is 2. The minimum atomic E-state index is -0.916. The van der Waals surface area contributed by atoms with Crippen LogP contribution in [-0.2, 0) is 9.59 Å². The van der Waals surface area contributed by atoms with E-state index in [0.717, 1.165) is 11.1 Å². The molecule has 2 atom stereocenters. The Labute approximate surface area is 155 Å². The Morgan fingerprint density at radius 2 is 1.32 bits per heavy atom. The number of rotatable bonds is 5. The molecule has 2 N–H and O–H groups in total. The first-order valence-corrected chi connectivity index (χ1v) is 8.75. The molecule has 0 radical (unpaired) electrons. The fourth-order valence-electron chi connectivity index (χ4n) is 3.03. The number of nitrogens with one attached hydrogen (secondary N) is 1. The molecule has 0 saturated heterocycles. The second-order valence-corrected chi connectivity index (χ2v) is 7.05. The first-order chi connectivity index (χ1) is 12.0. The molecule has 6 heteroatoms. The summed E-state index contributed by atoms with van der Waals surface area (Å²) in [6.45, 7) is 0. The molecular weight excluding hydrogens is 361 g/mol. The minimum Gasteiger partial charge on any atom is -0.481 e. The molecule has 2 aromatic rings. The predicted molar refractivity (Wildman–Crippen MR) is 96.7 cm³/mol. The van der Waals surface area contributed by atoms with Crippen molar-refractivity contribution in [3.8, 4) is 0 Å². The van der Waals surface area contributed by atoms with Crippen LogP contribution in [0.4, 0.5) is 0 Å². The van der Waals surface area contributed by atoms with E-state index in [4.69, 9.17) is 23.2 Å². The lowest BCUT2D eigenvalue weighted by Gasteiger charge is -2.33. The number of carbonyl (C=O) groups is 2. The lowest BCUT2D eigenvalue weighted by atomic mass is 9.73. The molecule has 1 aliphatic rings. The van der Waals surface area contributed by atoms with Gasteiger partial charge in [0.1, 0.15) is 0 Å². The standard InChI is InChI=1S/C19H17Cl2NO3/c20-13-5-1-11(2-6-13)17(12-3-7-14(21)8-4-12)22-18(23)15-9-10-16(15)19(24)25/h1-8,15-17H,9-10H2,(H,22,23)(H,24,25). The van der Waals surface area contributed by atoms with Gasteiger partial charge in [0.2, 0.25) is 5.91 Å². The third-order valence-electron chi connectivity index (χ3n) is 4.62. The maximum absolute atomic E-state index is 12.6. The summed E-state index contributed by atoms with van der Waals surface area (Å²) < 4.78 is 0. The largest absolute Gasteiger partial charge is 0.481 e. The Bertz CT molecular complexity index is 729. The molecule has 0 aromatic heterocycles. The van der Waals surface area contributed by atoms with Gasteiger partial charge in [-0.25, -0.2) is 0 Å². The molecule has 1 amide bonds. The van der Waals surface area contributed by atoms with Crippen molar-refractivity contribution in [1.82, 2.24) is 5.32 Å². The molecule has 25 heavy (non-hydrogen) atoms. The third-order valence-corrected chi connectivity index (χ3v) is 5.13. The molecule has 0 spiro atoms. The van der Waals surface area contributed by atoms with Gasteiger partial charge in [-0.1, -0.05) is 47.5 Å². The molecular formula is C19H17Cl2NO3. The van der Waals surface area contributed by atoms with E-state index in [1.807, 2.05) is 24.3 Å². The highest BCUT2D eigenvalue weighted by Crippen LogP contribution is 2.35. The zero-order valence-corrected chi connectivity index (χ0v) is 14.8. The van der Waals surface area contributed by atoms with Crippen LogP contribution in [0.2, 0.25) is 10.0 Å². The van der Waals surface area contributed by atoms with Crippen molar-refractivity contribution in [2.45, 2.75) is 18.9 Å². The molecule has 2 unspecified atom stereocenters. The van der Waals surface area contributed by atoms with Gasteiger partial charge in [-0.2, -0.15) is 0 Å². The van der Waals surface area contributed by atoms with Crippen molar-refractivity contribution in [2.75, 3.05) is 0 Å². The molecule has 1 fully saturated rings. The van der Waals surface area contributed by atoms with Gasteiger partial charge in [0.25, 0.3) is 0 Å². The molecule has 0 aliphatic heterocycles. The summed E-state index contributed by atoms with van der Waals surface area (Å²) in [4.78, 5) is 23.8. The van der Waals surface area contributed by atoms with Gasteiger partial charge in [0.15, 0.2) is 0 Å². The fourth-order valence-corrected chi connectivity index (χ4v) is 3.28. The summed E-state index contributed by atoms with van der Waals surface area (Å²) in [5, 5.41) is 13.4. The zero-order chi connectivity index (χ0) is 18.0. The average Bonchev–Trinajstić information content (AvgIpc) is 2.53. The highest BCUT2D eigenvalue weighted by Gasteiger charge is 2.42. The maximum Gasteiger partial charge on any atom is 0.307 e. The smallest absolute Gasteiger partial charge is 0.307 e. The molecule has 4 nitrogen and oxygen atoms in total. The van der Waals surface area contributed by atoms with Gasteiger partial charge < -0.3 is 10.4 Å². The molecule has 1 saturated carbocycles. The Morgan fingerprint density at radius 1 is 0.880 bits per heavy atom. The van der Waals surface area contributed by atoms with Crippen LogP contribution in [0.1, 0.15) is 30.0 Å². The van der Waals surface area contributed by atoms with E-state index in [9.17, 15) is 14.7 Å². The van der Waals surface area contributed by atoms with Crippen LogP contribution in [0.5, 0.6) is 0 Å². The highest BCUT2D eigenvalue weighted by molar-refractivity contribution is 6.30. The maximum atomic E-state index is 12.6. The van der Waals surface area contributed by atoms with E-state index in [1.54, 1.807) is 24.3 Å². The lowest BCUT2D eigenvalue weighted by Crippen LogP contribution is -2.45. The molecule has 3 rings (SSSR count). The van der Waals surface area contributed by atoms with Gasteiger partial charge >= 0.3 is 5.97 Å². The second kappa shape index (κ2) is 7.46. The van der Waals surface area contributed by atoms with Gasteiger partial charge in [-0.05, 0) is 48.2 Å². The summed E-state index contributed by atoms with van der Waals surface area (Å²) in [6.07, 6.45) is 1.14. The number of amides is 1. The van der Waals surface area contributed by atoms with Crippen molar-refractivity contribution < 1.29 is 14.7 Å². The number of carboxylic acids is 1. The Morgan fingerprint density at radius 3 is 1.68 bits per heavy atom. The summed E-state index contributed by atoms with van der Waals surface area (Å²) in [6, 6.07) is 14.0.